The molecule has 4 nitrogen and oxygen atoms in total. The van der Waals surface area contributed by atoms with Crippen molar-refractivity contribution >= 4 is 5.97 Å². The maximum Gasteiger partial charge on any atom is 0.333 e. The van der Waals surface area contributed by atoms with Crippen molar-refractivity contribution in [2.75, 3.05) is 13.2 Å². The first-order valence-electron chi connectivity index (χ1n) is 4.22. The fraction of sp³-hybridized carbons (Fsp3) is 0.625. The molecular formula is C8H12F4N2O2. The third-order valence-corrected chi connectivity index (χ3v) is 1.73. The zero-order chi connectivity index (χ0) is 12.9. The lowest BCUT2D eigenvalue weighted by Gasteiger charge is -2.27. The number of carbonyl (C=O) groups is 1. The van der Waals surface area contributed by atoms with Crippen LogP contribution in [0.2, 0.25) is 0 Å². The maximum absolute atomic E-state index is 12.4. The van der Waals surface area contributed by atoms with Crippen LogP contribution in [0.15, 0.2) is 12.2 Å². The summed E-state index contributed by atoms with van der Waals surface area (Å²) in [5.41, 5.74) is -2.27. The molecule has 1 unspecified atom stereocenters. The fourth-order valence-corrected chi connectivity index (χ4v) is 0.750. The predicted octanol–water partition coefficient (Wildman–Crippen LogP) is 2.01. The van der Waals surface area contributed by atoms with E-state index in [1.807, 2.05) is 0 Å². The normalized spacial score (nSPS) is 15.0. The van der Waals surface area contributed by atoms with Crippen LogP contribution in [0.1, 0.15) is 13.8 Å². The Balaban J connectivity index is 4.45. The molecule has 0 spiro atoms. The van der Waals surface area contributed by atoms with E-state index in [0.29, 0.717) is 0 Å². The van der Waals surface area contributed by atoms with Crippen LogP contribution in [0.3, 0.4) is 0 Å². The van der Waals surface area contributed by atoms with Gasteiger partial charge in [0, 0.05) is 16.3 Å². The maximum atomic E-state index is 12.4. The van der Waals surface area contributed by atoms with E-state index in [4.69, 9.17) is 0 Å². The van der Waals surface area contributed by atoms with Crippen molar-refractivity contribution in [2.24, 2.45) is 0 Å². The van der Waals surface area contributed by atoms with Gasteiger partial charge in [-0.05, 0) is 13.8 Å². The lowest BCUT2D eigenvalue weighted by Crippen LogP contribution is -2.48. The van der Waals surface area contributed by atoms with Gasteiger partial charge in [0.15, 0.2) is 0 Å². The minimum absolute atomic E-state index is 0.00368. The molecule has 0 saturated heterocycles. The summed E-state index contributed by atoms with van der Waals surface area (Å²) in [6.07, 6.45) is 0. The molecule has 0 aliphatic carbocycles. The number of hydrogen-bond donors (Lipinski definition) is 0. The van der Waals surface area contributed by atoms with Gasteiger partial charge in [-0.15, -0.1) is 17.9 Å². The van der Waals surface area contributed by atoms with Crippen molar-refractivity contribution in [2.45, 2.75) is 19.4 Å². The standard InChI is InChI=1S/C8H12F4N2O2/c1-6(2)7(15)16-5-8(3,14(11)12)4-13(9)10/h1,4-5H2,2-3H3. The predicted molar refractivity (Wildman–Crippen MR) is 47.2 cm³/mol. The van der Waals surface area contributed by atoms with E-state index < -0.39 is 35.3 Å². The highest BCUT2D eigenvalue weighted by molar-refractivity contribution is 5.86. The summed E-state index contributed by atoms with van der Waals surface area (Å²) in [6, 6.07) is 0. The molecule has 8 heteroatoms. The lowest BCUT2D eigenvalue weighted by atomic mass is 10.1. The van der Waals surface area contributed by atoms with E-state index in [1.54, 1.807) is 0 Å². The topological polar surface area (TPSA) is 32.8 Å². The van der Waals surface area contributed by atoms with Crippen LogP contribution in [0.5, 0.6) is 0 Å². The minimum Gasteiger partial charge on any atom is -0.460 e. The molecule has 0 N–H and O–H groups in total. The summed E-state index contributed by atoms with van der Waals surface area (Å²) in [7, 11) is 0. The van der Waals surface area contributed by atoms with Gasteiger partial charge in [0.05, 0.1) is 6.54 Å². The molecule has 0 aliphatic heterocycles. The number of ether oxygens (including phenoxy) is 1. The van der Waals surface area contributed by atoms with Crippen molar-refractivity contribution in [3.8, 4) is 0 Å². The molecule has 0 bridgehead atoms. The second-order valence-corrected chi connectivity index (χ2v) is 3.55. The molecule has 0 amide bonds. The number of esters is 1. The van der Waals surface area contributed by atoms with Gasteiger partial charge >= 0.3 is 5.97 Å². The fourth-order valence-electron chi connectivity index (χ4n) is 0.750. The first kappa shape index (κ1) is 14.8. The van der Waals surface area contributed by atoms with Crippen LogP contribution in [0.4, 0.5) is 17.9 Å². The van der Waals surface area contributed by atoms with Gasteiger partial charge in [0.2, 0.25) is 0 Å². The summed E-state index contributed by atoms with van der Waals surface area (Å²) in [5, 5.41) is -2.81. The SMILES string of the molecule is C=C(C)C(=O)OCC(C)(CN(F)F)N(F)F. The van der Waals surface area contributed by atoms with Crippen molar-refractivity contribution in [3.63, 3.8) is 0 Å². The Bertz CT molecular complexity index is 273. The van der Waals surface area contributed by atoms with E-state index in [0.717, 1.165) is 6.92 Å². The summed E-state index contributed by atoms with van der Waals surface area (Å²) < 4.78 is 52.9. The van der Waals surface area contributed by atoms with Crippen LogP contribution in [0, 0.1) is 0 Å². The second kappa shape index (κ2) is 5.80. The lowest BCUT2D eigenvalue weighted by molar-refractivity contribution is -0.273. The molecule has 0 rings (SSSR count). The Kier molecular flexibility index (Phi) is 5.39. The first-order valence-corrected chi connectivity index (χ1v) is 4.22. The van der Waals surface area contributed by atoms with Crippen LogP contribution in [-0.2, 0) is 9.53 Å². The highest BCUT2D eigenvalue weighted by atomic mass is 19.4. The van der Waals surface area contributed by atoms with Crippen LogP contribution >= 0.6 is 0 Å². The van der Waals surface area contributed by atoms with E-state index in [2.05, 4.69) is 11.3 Å². The molecule has 0 aromatic heterocycles. The molecule has 0 fully saturated rings. The second-order valence-electron chi connectivity index (χ2n) is 3.55. The Morgan fingerprint density at radius 2 is 1.88 bits per heavy atom. The Morgan fingerprint density at radius 3 is 2.19 bits per heavy atom. The van der Waals surface area contributed by atoms with Crippen LogP contribution in [-0.4, -0.2) is 35.3 Å². The molecule has 94 valence electrons. The minimum atomic E-state index is -2.27. The third kappa shape index (κ3) is 4.58. The average molecular weight is 244 g/mol. The molecular weight excluding hydrogens is 232 g/mol. The Hall–Kier alpha value is -1.15. The zero-order valence-electron chi connectivity index (χ0n) is 8.84. The molecule has 0 aromatic carbocycles. The summed E-state index contributed by atoms with van der Waals surface area (Å²) >= 11 is 0. The van der Waals surface area contributed by atoms with Crippen LogP contribution < -0.4 is 0 Å². The zero-order valence-corrected chi connectivity index (χ0v) is 8.84. The molecule has 0 aliphatic rings. The smallest absolute Gasteiger partial charge is 0.333 e. The van der Waals surface area contributed by atoms with E-state index in [1.165, 1.54) is 6.92 Å². The quantitative estimate of drug-likeness (QED) is 0.309. The monoisotopic (exact) mass is 244 g/mol. The molecule has 0 aromatic rings. The number of rotatable bonds is 6. The summed E-state index contributed by atoms with van der Waals surface area (Å²) in [5.74, 6) is -0.905. The van der Waals surface area contributed by atoms with Crippen LogP contribution in [0.25, 0.3) is 0 Å². The number of hydrogen-bond acceptors (Lipinski definition) is 4. The average Bonchev–Trinajstić information content (AvgIpc) is 2.12. The molecule has 0 heterocycles. The van der Waals surface area contributed by atoms with Gasteiger partial charge in [-0.3, -0.25) is 0 Å². The Morgan fingerprint density at radius 1 is 1.38 bits per heavy atom. The Labute approximate surface area is 89.8 Å². The van der Waals surface area contributed by atoms with Crippen molar-refractivity contribution in [1.82, 2.24) is 10.7 Å². The molecule has 16 heavy (non-hydrogen) atoms. The first-order chi connectivity index (χ1) is 7.19. The van der Waals surface area contributed by atoms with E-state index >= 15 is 0 Å². The molecule has 1 atom stereocenters. The summed E-state index contributed by atoms with van der Waals surface area (Å²) in [4.78, 5) is 10.9. The molecule has 0 radical (unpaired) electrons. The van der Waals surface area contributed by atoms with Gasteiger partial charge in [-0.1, -0.05) is 6.58 Å². The van der Waals surface area contributed by atoms with Gasteiger partial charge in [0.1, 0.15) is 12.1 Å². The number of nitrogens with zero attached hydrogens (tertiary/aromatic N) is 2. The van der Waals surface area contributed by atoms with Crippen molar-refractivity contribution in [1.29, 1.82) is 0 Å². The highest BCUT2D eigenvalue weighted by Gasteiger charge is 2.38. The van der Waals surface area contributed by atoms with Gasteiger partial charge in [-0.2, -0.15) is 0 Å². The third-order valence-electron chi connectivity index (χ3n) is 1.73. The van der Waals surface area contributed by atoms with E-state index in [-0.39, 0.29) is 5.57 Å². The van der Waals surface area contributed by atoms with Gasteiger partial charge in [-0.25, -0.2) is 4.79 Å². The largest absolute Gasteiger partial charge is 0.460 e. The number of halogens is 4. The highest BCUT2D eigenvalue weighted by Crippen LogP contribution is 2.19. The van der Waals surface area contributed by atoms with Crippen molar-refractivity contribution in [3.05, 3.63) is 12.2 Å². The molecule has 0 saturated carbocycles. The van der Waals surface area contributed by atoms with Gasteiger partial charge in [0.25, 0.3) is 0 Å². The van der Waals surface area contributed by atoms with Crippen molar-refractivity contribution < 1.29 is 27.5 Å². The number of carbonyl (C=O) groups excluding carboxylic acids is 1. The van der Waals surface area contributed by atoms with E-state index in [9.17, 15) is 22.7 Å². The summed E-state index contributed by atoms with van der Waals surface area (Å²) in [6.45, 7) is 3.26. The van der Waals surface area contributed by atoms with Gasteiger partial charge < -0.3 is 4.74 Å².